The summed E-state index contributed by atoms with van der Waals surface area (Å²) >= 11 is 0. The van der Waals surface area contributed by atoms with E-state index in [0.29, 0.717) is 44.0 Å². The molecule has 1 aromatic carbocycles. The highest BCUT2D eigenvalue weighted by atomic mass is 19.1. The summed E-state index contributed by atoms with van der Waals surface area (Å²) in [5.74, 6) is 0.562. The number of nitrogens with zero attached hydrogens (tertiary/aromatic N) is 3. The first-order valence-corrected chi connectivity index (χ1v) is 10.3. The summed E-state index contributed by atoms with van der Waals surface area (Å²) in [5.41, 5.74) is 0.901. The molecule has 1 aliphatic heterocycles. The maximum absolute atomic E-state index is 15.4. The number of fused-ring (bicyclic) bond motifs is 1. The molecule has 2 aromatic rings. The predicted molar refractivity (Wildman–Crippen MR) is 122 cm³/mol. The van der Waals surface area contributed by atoms with E-state index in [2.05, 4.69) is 29.5 Å². The van der Waals surface area contributed by atoms with Crippen LogP contribution in [0.5, 0.6) is 0 Å². The van der Waals surface area contributed by atoms with Gasteiger partial charge in [-0.15, -0.1) is 0 Å². The molecule has 1 fully saturated rings. The molecule has 1 saturated heterocycles. The Bertz CT molecular complexity index is 945. The van der Waals surface area contributed by atoms with Gasteiger partial charge in [-0.25, -0.2) is 13.8 Å². The second-order valence-electron chi connectivity index (χ2n) is 7.70. The molecule has 0 spiro atoms. The standard InChI is InChI=1S/C24H30F2N4/c1-5-22(29(4)6-2)19-7-8-20-17-27-23(16-21(20)15-19)28-18(3)24(26)9-12-30(13-10-24)14-11-25/h5-8,15-17H,2-3,9-14H2,1,4H3,(H,27,28)/b22-5-. The van der Waals surface area contributed by atoms with Crippen LogP contribution in [0.2, 0.25) is 0 Å². The number of benzene rings is 1. The fourth-order valence-electron chi connectivity index (χ4n) is 3.86. The van der Waals surface area contributed by atoms with Crippen molar-refractivity contribution in [2.24, 2.45) is 0 Å². The zero-order valence-corrected chi connectivity index (χ0v) is 17.8. The normalized spacial score (nSPS) is 17.0. The quantitative estimate of drug-likeness (QED) is 0.632. The lowest BCUT2D eigenvalue weighted by Gasteiger charge is -2.37. The summed E-state index contributed by atoms with van der Waals surface area (Å²) in [6, 6.07) is 8.06. The number of aromatic nitrogens is 1. The predicted octanol–water partition coefficient (Wildman–Crippen LogP) is 5.37. The first-order valence-electron chi connectivity index (χ1n) is 10.3. The second-order valence-corrected chi connectivity index (χ2v) is 7.70. The summed E-state index contributed by atoms with van der Waals surface area (Å²) in [6.45, 7) is 10.8. The van der Waals surface area contributed by atoms with Gasteiger partial charge in [0.1, 0.15) is 12.5 Å². The molecule has 0 atom stereocenters. The van der Waals surface area contributed by atoms with Crippen molar-refractivity contribution >= 4 is 22.3 Å². The number of pyridine rings is 1. The number of anilines is 1. The fourth-order valence-corrected chi connectivity index (χ4v) is 3.86. The van der Waals surface area contributed by atoms with Crippen LogP contribution in [0.1, 0.15) is 25.3 Å². The van der Waals surface area contributed by atoms with E-state index in [9.17, 15) is 4.39 Å². The van der Waals surface area contributed by atoms with E-state index in [1.54, 1.807) is 12.4 Å². The summed E-state index contributed by atoms with van der Waals surface area (Å²) in [4.78, 5) is 8.33. The molecule has 30 heavy (non-hydrogen) atoms. The van der Waals surface area contributed by atoms with Crippen LogP contribution < -0.4 is 5.32 Å². The van der Waals surface area contributed by atoms with Gasteiger partial charge in [0.25, 0.3) is 0 Å². The van der Waals surface area contributed by atoms with Gasteiger partial charge in [0, 0.05) is 49.7 Å². The zero-order valence-electron chi connectivity index (χ0n) is 17.8. The average molecular weight is 413 g/mol. The minimum Gasteiger partial charge on any atom is -0.351 e. The Morgan fingerprint density at radius 1 is 1.30 bits per heavy atom. The minimum absolute atomic E-state index is 0.301. The molecule has 2 heterocycles. The number of alkyl halides is 2. The number of rotatable bonds is 8. The molecule has 1 aromatic heterocycles. The number of allylic oxidation sites excluding steroid dienone is 2. The van der Waals surface area contributed by atoms with Gasteiger partial charge in [0.05, 0.1) is 0 Å². The number of piperidine rings is 1. The molecule has 6 heteroatoms. The van der Waals surface area contributed by atoms with E-state index < -0.39 is 12.3 Å². The van der Waals surface area contributed by atoms with E-state index in [4.69, 9.17) is 0 Å². The lowest BCUT2D eigenvalue weighted by Crippen LogP contribution is -2.44. The van der Waals surface area contributed by atoms with Crippen LogP contribution in [-0.2, 0) is 0 Å². The van der Waals surface area contributed by atoms with Crippen LogP contribution in [0, 0.1) is 0 Å². The smallest absolute Gasteiger partial charge is 0.152 e. The summed E-state index contributed by atoms with van der Waals surface area (Å²) < 4.78 is 27.9. The lowest BCUT2D eigenvalue weighted by atomic mass is 9.90. The van der Waals surface area contributed by atoms with Crippen molar-refractivity contribution in [2.75, 3.05) is 38.7 Å². The Hall–Kier alpha value is -2.73. The third-order valence-corrected chi connectivity index (χ3v) is 5.81. The van der Waals surface area contributed by atoms with E-state index in [1.807, 2.05) is 48.0 Å². The molecule has 160 valence electrons. The lowest BCUT2D eigenvalue weighted by molar-refractivity contribution is 0.0853. The van der Waals surface area contributed by atoms with Crippen molar-refractivity contribution in [2.45, 2.75) is 25.4 Å². The SMILES string of the molecule is C=CN(C)/C(=C\C)c1ccc2cnc(NC(=C)C3(F)CCN(CCF)CC3)cc2c1. The molecule has 0 aliphatic carbocycles. The maximum Gasteiger partial charge on any atom is 0.152 e. The average Bonchev–Trinajstić information content (AvgIpc) is 2.75. The van der Waals surface area contributed by atoms with Gasteiger partial charge >= 0.3 is 0 Å². The molecular formula is C24H30F2N4. The molecule has 3 rings (SSSR count). The van der Waals surface area contributed by atoms with Gasteiger partial charge in [0.15, 0.2) is 5.67 Å². The van der Waals surface area contributed by atoms with Gasteiger partial charge in [-0.2, -0.15) is 0 Å². The third kappa shape index (κ3) is 4.70. The summed E-state index contributed by atoms with van der Waals surface area (Å²) in [6.07, 6.45) is 6.18. The molecule has 1 N–H and O–H groups in total. The van der Waals surface area contributed by atoms with E-state index in [0.717, 1.165) is 22.0 Å². The summed E-state index contributed by atoms with van der Waals surface area (Å²) in [5, 5.41) is 5.07. The Labute approximate surface area is 177 Å². The molecule has 4 nitrogen and oxygen atoms in total. The van der Waals surface area contributed by atoms with Crippen LogP contribution in [0.3, 0.4) is 0 Å². The molecule has 0 amide bonds. The van der Waals surface area contributed by atoms with Crippen LogP contribution in [0.15, 0.2) is 61.6 Å². The summed E-state index contributed by atoms with van der Waals surface area (Å²) in [7, 11) is 1.95. The first-order chi connectivity index (χ1) is 14.4. The van der Waals surface area contributed by atoms with Crippen LogP contribution in [0.4, 0.5) is 14.6 Å². The molecular weight excluding hydrogens is 382 g/mol. The van der Waals surface area contributed by atoms with Crippen molar-refractivity contribution in [1.29, 1.82) is 0 Å². The zero-order chi connectivity index (χ0) is 21.7. The molecule has 0 saturated carbocycles. The highest BCUT2D eigenvalue weighted by Crippen LogP contribution is 2.34. The van der Waals surface area contributed by atoms with Gasteiger partial charge < -0.3 is 15.1 Å². The number of halogens is 2. The van der Waals surface area contributed by atoms with Gasteiger partial charge in [-0.3, -0.25) is 0 Å². The molecule has 0 radical (unpaired) electrons. The Morgan fingerprint density at radius 2 is 2.03 bits per heavy atom. The number of hydrogen-bond donors (Lipinski definition) is 1. The van der Waals surface area contributed by atoms with Crippen LogP contribution in [0.25, 0.3) is 16.5 Å². The molecule has 0 bridgehead atoms. The second kappa shape index (κ2) is 9.39. The van der Waals surface area contributed by atoms with Gasteiger partial charge in [0.2, 0.25) is 0 Å². The topological polar surface area (TPSA) is 31.4 Å². The monoisotopic (exact) mass is 412 g/mol. The highest BCUT2D eigenvalue weighted by Gasteiger charge is 2.37. The van der Waals surface area contributed by atoms with Crippen molar-refractivity contribution in [3.63, 3.8) is 0 Å². The van der Waals surface area contributed by atoms with Gasteiger partial charge in [-0.05, 0) is 49.0 Å². The first kappa shape index (κ1) is 22.0. The largest absolute Gasteiger partial charge is 0.351 e. The van der Waals surface area contributed by atoms with E-state index in [1.165, 1.54) is 0 Å². The molecule has 0 unspecified atom stereocenters. The van der Waals surface area contributed by atoms with Gasteiger partial charge in [-0.1, -0.05) is 31.4 Å². The van der Waals surface area contributed by atoms with Crippen molar-refractivity contribution in [3.05, 3.63) is 67.2 Å². The highest BCUT2D eigenvalue weighted by molar-refractivity contribution is 5.87. The van der Waals surface area contributed by atoms with Crippen LogP contribution in [-0.4, -0.2) is 53.8 Å². The minimum atomic E-state index is -1.52. The van der Waals surface area contributed by atoms with E-state index in [-0.39, 0.29) is 0 Å². The van der Waals surface area contributed by atoms with E-state index >= 15 is 4.39 Å². The Balaban J connectivity index is 1.78. The Morgan fingerprint density at radius 3 is 2.67 bits per heavy atom. The maximum atomic E-state index is 15.4. The van der Waals surface area contributed by atoms with Crippen LogP contribution >= 0.6 is 0 Å². The number of nitrogens with one attached hydrogen (secondary N) is 1. The van der Waals surface area contributed by atoms with Crippen molar-refractivity contribution < 1.29 is 8.78 Å². The third-order valence-electron chi connectivity index (χ3n) is 5.81. The number of hydrogen-bond acceptors (Lipinski definition) is 4. The fraction of sp³-hybridized carbons (Fsp3) is 0.375. The Kier molecular flexibility index (Phi) is 6.87. The number of likely N-dealkylation sites (tertiary alicyclic amines) is 1. The van der Waals surface area contributed by atoms with Crippen molar-refractivity contribution in [3.8, 4) is 0 Å². The van der Waals surface area contributed by atoms with Crippen molar-refractivity contribution in [1.82, 2.24) is 14.8 Å². The molecule has 1 aliphatic rings.